The minimum absolute atomic E-state index is 0.199. The molecule has 8 aromatic carbocycles. The Balaban J connectivity index is 0.000000162. The van der Waals surface area contributed by atoms with E-state index in [1.54, 1.807) is 99.0 Å². The molecule has 4 heterocycles. The van der Waals surface area contributed by atoms with Crippen LogP contribution in [-0.2, 0) is 20.0 Å². The number of nitrogens with zero attached hydrogens (tertiary/aromatic N) is 6. The summed E-state index contributed by atoms with van der Waals surface area (Å²) in [6.45, 7) is 0. The van der Waals surface area contributed by atoms with Crippen molar-refractivity contribution in [2.24, 2.45) is 0 Å². The van der Waals surface area contributed by atoms with Crippen LogP contribution in [-0.4, -0.2) is 75.6 Å². The summed E-state index contributed by atoms with van der Waals surface area (Å²) in [5.74, 6) is 0.814. The molecule has 0 saturated heterocycles. The lowest BCUT2D eigenvalue weighted by Crippen LogP contribution is -2.43. The summed E-state index contributed by atoms with van der Waals surface area (Å²) in [5.41, 5.74) is 7.36. The molecule has 0 spiro atoms. The predicted molar refractivity (Wildman–Crippen MR) is 291 cm³/mol. The van der Waals surface area contributed by atoms with E-state index in [9.17, 15) is 26.4 Å². The molecule has 12 rings (SSSR count). The van der Waals surface area contributed by atoms with E-state index in [4.69, 9.17) is 9.47 Å². The van der Waals surface area contributed by atoms with Crippen molar-refractivity contribution in [3.8, 4) is 11.5 Å². The van der Waals surface area contributed by atoms with Crippen molar-refractivity contribution in [1.29, 1.82) is 0 Å². The first kappa shape index (κ1) is 49.1. The summed E-state index contributed by atoms with van der Waals surface area (Å²) in [7, 11) is -1.44. The molecular weight excluding hydrogens is 997 g/mol. The maximum absolute atomic E-state index is 14.3. The number of ether oxygens (including phenoxy) is 2. The lowest BCUT2D eigenvalue weighted by molar-refractivity contribution is 0.0710. The molecule has 2 atom stereocenters. The number of sulfonamides is 2. The van der Waals surface area contributed by atoms with Crippen LogP contribution in [0.15, 0.2) is 240 Å². The molecule has 0 unspecified atom stereocenters. The van der Waals surface area contributed by atoms with Crippen LogP contribution in [0, 0.1) is 0 Å². The molecule has 14 nitrogen and oxygen atoms in total. The van der Waals surface area contributed by atoms with E-state index in [1.165, 1.54) is 8.61 Å². The first-order valence-electron chi connectivity index (χ1n) is 24.3. The molecule has 4 aliphatic rings. The van der Waals surface area contributed by atoms with E-state index < -0.39 is 32.1 Å². The number of rotatable bonds is 8. The monoisotopic (exact) mass is 1050 g/mol. The fraction of sp³-hybridized carbons (Fsp3) is 0.100. The predicted octanol–water partition coefficient (Wildman–Crippen LogP) is 10.6. The van der Waals surface area contributed by atoms with Crippen LogP contribution in [0.4, 0.5) is 11.4 Å². The fourth-order valence-corrected chi connectivity index (χ4v) is 13.2. The summed E-state index contributed by atoms with van der Waals surface area (Å²) in [6, 6.07) is 64.3. The SMILES string of the molecule is COc1ccc([C@H]2C3=C(c4ccccc4S(=O)(=O)N3C)N(c3ccccc3)N2C(=O)c2ccccc2)cc1.COc1ccc([C@H]2C3=C(c4ccccc4S(=O)(=O)N3C)N(c3ccccc3)N2C(=O)c2ccccc2)cc1. The minimum Gasteiger partial charge on any atom is -0.497 e. The average molecular weight is 1050 g/mol. The van der Waals surface area contributed by atoms with Crippen LogP contribution in [0.5, 0.6) is 11.5 Å². The third kappa shape index (κ3) is 8.09. The Morgan fingerprint density at radius 2 is 0.697 bits per heavy atom. The summed E-state index contributed by atoms with van der Waals surface area (Å²) in [5, 5.41) is 7.02. The Hall–Kier alpha value is -9.12. The molecule has 0 bridgehead atoms. The number of hydrogen-bond donors (Lipinski definition) is 0. The van der Waals surface area contributed by atoms with Gasteiger partial charge in [0.15, 0.2) is 0 Å². The first-order valence-corrected chi connectivity index (χ1v) is 27.1. The van der Waals surface area contributed by atoms with Gasteiger partial charge in [-0.2, -0.15) is 0 Å². The van der Waals surface area contributed by atoms with E-state index in [2.05, 4.69) is 0 Å². The van der Waals surface area contributed by atoms with Gasteiger partial charge in [0, 0.05) is 36.3 Å². The molecule has 2 amide bonds. The zero-order valence-corrected chi connectivity index (χ0v) is 43.3. The second-order valence-corrected chi connectivity index (χ2v) is 22.0. The normalized spacial score (nSPS) is 17.7. The number of hydrogen-bond acceptors (Lipinski definition) is 10. The van der Waals surface area contributed by atoms with E-state index in [0.29, 0.717) is 56.5 Å². The third-order valence-corrected chi connectivity index (χ3v) is 17.6. The quantitative estimate of drug-likeness (QED) is 0.144. The van der Waals surface area contributed by atoms with E-state index in [0.717, 1.165) is 22.5 Å². The smallest absolute Gasteiger partial charge is 0.273 e. The molecule has 0 aliphatic carbocycles. The highest BCUT2D eigenvalue weighted by atomic mass is 32.2. The van der Waals surface area contributed by atoms with Crippen molar-refractivity contribution in [1.82, 2.24) is 18.6 Å². The van der Waals surface area contributed by atoms with Gasteiger partial charge in [0.1, 0.15) is 23.6 Å². The zero-order valence-electron chi connectivity index (χ0n) is 41.7. The number of anilines is 2. The molecule has 16 heteroatoms. The molecule has 0 N–H and O–H groups in total. The van der Waals surface area contributed by atoms with Crippen LogP contribution in [0.25, 0.3) is 11.4 Å². The molecule has 0 radical (unpaired) electrons. The highest BCUT2D eigenvalue weighted by Crippen LogP contribution is 2.54. The Morgan fingerprint density at radius 3 is 1.03 bits per heavy atom. The molecule has 0 fully saturated rings. The third-order valence-electron chi connectivity index (χ3n) is 13.9. The molecule has 8 aromatic rings. The van der Waals surface area contributed by atoms with Crippen LogP contribution < -0.4 is 19.5 Å². The highest BCUT2D eigenvalue weighted by Gasteiger charge is 2.53. The molecule has 0 saturated carbocycles. The molecule has 0 aromatic heterocycles. The van der Waals surface area contributed by atoms with Gasteiger partial charge in [-0.25, -0.2) is 36.9 Å². The van der Waals surface area contributed by atoms with Crippen molar-refractivity contribution in [2.45, 2.75) is 21.9 Å². The van der Waals surface area contributed by atoms with Gasteiger partial charge in [-0.1, -0.05) is 133 Å². The number of amides is 2. The Morgan fingerprint density at radius 1 is 0.395 bits per heavy atom. The number of para-hydroxylation sites is 2. The van der Waals surface area contributed by atoms with Crippen LogP contribution in [0.1, 0.15) is 55.1 Å². The van der Waals surface area contributed by atoms with Gasteiger partial charge in [0.25, 0.3) is 31.9 Å². The van der Waals surface area contributed by atoms with E-state index in [-0.39, 0.29) is 21.6 Å². The fourth-order valence-electron chi connectivity index (χ4n) is 10.3. The van der Waals surface area contributed by atoms with Gasteiger partial charge in [0.2, 0.25) is 0 Å². The minimum atomic E-state index is -3.86. The van der Waals surface area contributed by atoms with Gasteiger partial charge in [-0.05, 0) is 96.1 Å². The molecule has 380 valence electrons. The number of likely N-dealkylation sites (N-methyl/N-ethyl adjacent to an activating group) is 2. The van der Waals surface area contributed by atoms with E-state index >= 15 is 0 Å². The van der Waals surface area contributed by atoms with Crippen LogP contribution >= 0.6 is 0 Å². The number of hydrazine groups is 2. The van der Waals surface area contributed by atoms with Crippen molar-refractivity contribution >= 4 is 54.6 Å². The Labute approximate surface area is 441 Å². The zero-order chi connectivity index (χ0) is 52.9. The second-order valence-electron chi connectivity index (χ2n) is 18.1. The number of fused-ring (bicyclic) bond motifs is 4. The first-order chi connectivity index (χ1) is 36.9. The molecule has 76 heavy (non-hydrogen) atoms. The summed E-state index contributed by atoms with van der Waals surface area (Å²) in [6.07, 6.45) is 0. The van der Waals surface area contributed by atoms with Crippen molar-refractivity contribution in [2.75, 3.05) is 38.3 Å². The van der Waals surface area contributed by atoms with Gasteiger partial charge in [-0.15, -0.1) is 0 Å². The van der Waals surface area contributed by atoms with E-state index in [1.807, 2.05) is 168 Å². The highest BCUT2D eigenvalue weighted by molar-refractivity contribution is 7.89. The second kappa shape index (κ2) is 19.6. The van der Waals surface area contributed by atoms with Gasteiger partial charge < -0.3 is 9.47 Å². The summed E-state index contributed by atoms with van der Waals surface area (Å²) in [4.78, 5) is 29.0. The number of benzene rings is 8. The maximum Gasteiger partial charge on any atom is 0.273 e. The standard InChI is InChI=1S/2C30H25N3O4S/c2*1-31-29-27(21-17-19-24(37-2)20-18-21)33(30(34)22-11-5-3-6-12-22)32(23-13-7-4-8-14-23)28(29)25-15-9-10-16-26(25)38(31,35)36/h2*3-20,27H,1-2H3/t2*27-/m00/s1. The lowest BCUT2D eigenvalue weighted by atomic mass is 10.00. The van der Waals surface area contributed by atoms with Crippen LogP contribution in [0.2, 0.25) is 0 Å². The molecule has 4 aliphatic heterocycles. The van der Waals surface area contributed by atoms with Gasteiger partial charge in [0.05, 0.1) is 58.2 Å². The van der Waals surface area contributed by atoms with Crippen molar-refractivity contribution in [3.63, 3.8) is 0 Å². The van der Waals surface area contributed by atoms with Crippen molar-refractivity contribution < 1.29 is 35.9 Å². The van der Waals surface area contributed by atoms with Gasteiger partial charge in [-0.3, -0.25) is 18.2 Å². The maximum atomic E-state index is 14.3. The largest absolute Gasteiger partial charge is 0.497 e. The average Bonchev–Trinajstić information content (AvgIpc) is 4.06. The van der Waals surface area contributed by atoms with Gasteiger partial charge >= 0.3 is 0 Å². The summed E-state index contributed by atoms with van der Waals surface area (Å²) >= 11 is 0. The van der Waals surface area contributed by atoms with Crippen molar-refractivity contribution in [3.05, 3.63) is 263 Å². The number of methoxy groups -OCH3 is 2. The number of carbonyl (C=O) groups excluding carboxylic acids is 2. The Bertz CT molecular complexity index is 3560. The Kier molecular flexibility index (Phi) is 12.7. The lowest BCUT2D eigenvalue weighted by Gasteiger charge is -2.35. The summed E-state index contributed by atoms with van der Waals surface area (Å²) < 4.78 is 68.4. The number of carbonyl (C=O) groups is 2. The topological polar surface area (TPSA) is 140 Å². The molecular formula is C60H50N6O8S2. The van der Waals surface area contributed by atoms with Crippen LogP contribution in [0.3, 0.4) is 0 Å².